The van der Waals surface area contributed by atoms with Crippen LogP contribution in [0.15, 0.2) is 54.7 Å². The maximum absolute atomic E-state index is 12.9. The molecule has 0 fully saturated rings. The number of rotatable bonds is 7. The molecule has 6 nitrogen and oxygen atoms in total. The Hall–Kier alpha value is -3.51. The molecule has 0 saturated carbocycles. The summed E-state index contributed by atoms with van der Waals surface area (Å²) in [4.78, 5) is 20.1. The molecule has 1 amide bonds. The van der Waals surface area contributed by atoms with E-state index >= 15 is 0 Å². The molecule has 6 heteroatoms. The van der Waals surface area contributed by atoms with Gasteiger partial charge in [-0.2, -0.15) is 0 Å². The lowest BCUT2D eigenvalue weighted by Crippen LogP contribution is -2.33. The van der Waals surface area contributed by atoms with Crippen molar-refractivity contribution in [3.8, 4) is 16.9 Å². The van der Waals surface area contributed by atoms with Gasteiger partial charge >= 0.3 is 0 Å². The Kier molecular flexibility index (Phi) is 6.32. The summed E-state index contributed by atoms with van der Waals surface area (Å²) in [5.74, 6) is 1.86. The molecule has 0 atom stereocenters. The molecule has 0 bridgehead atoms. The quantitative estimate of drug-likeness (QED) is 0.587. The number of carbonyl (C=O) groups excluding carboxylic acids is 1. The molecule has 1 aliphatic heterocycles. The van der Waals surface area contributed by atoms with E-state index in [-0.39, 0.29) is 5.91 Å². The van der Waals surface area contributed by atoms with Crippen molar-refractivity contribution in [1.82, 2.24) is 14.8 Å². The monoisotopic (exact) mass is 430 g/mol. The average molecular weight is 431 g/mol. The van der Waals surface area contributed by atoms with Crippen LogP contribution in [0.4, 0.5) is 5.82 Å². The van der Waals surface area contributed by atoms with Crippen LogP contribution < -0.4 is 10.1 Å². The van der Waals surface area contributed by atoms with E-state index in [1.807, 2.05) is 63.7 Å². The number of fused-ring (bicyclic) bond motifs is 1. The third kappa shape index (κ3) is 4.41. The van der Waals surface area contributed by atoms with Crippen molar-refractivity contribution in [2.75, 3.05) is 53.2 Å². The summed E-state index contributed by atoms with van der Waals surface area (Å²) in [5, 5.41) is 3.48. The van der Waals surface area contributed by atoms with Crippen molar-refractivity contribution >= 4 is 23.4 Å². The second-order valence-corrected chi connectivity index (χ2v) is 8.33. The third-order valence-corrected chi connectivity index (χ3v) is 5.80. The minimum absolute atomic E-state index is 0.0371. The summed E-state index contributed by atoms with van der Waals surface area (Å²) in [5.41, 5.74) is 6.10. The van der Waals surface area contributed by atoms with E-state index < -0.39 is 0 Å². The van der Waals surface area contributed by atoms with Gasteiger partial charge in [-0.3, -0.25) is 4.79 Å². The smallest absolute Gasteiger partial charge is 0.253 e. The van der Waals surface area contributed by atoms with Crippen LogP contribution in [0.25, 0.3) is 22.8 Å². The highest BCUT2D eigenvalue weighted by molar-refractivity contribution is 5.99. The fraction of sp³-hybridized carbons (Fsp3) is 0.269. The molecule has 0 aliphatic carbocycles. The number of ether oxygens (including phenoxy) is 1. The van der Waals surface area contributed by atoms with Gasteiger partial charge in [-0.25, -0.2) is 0 Å². The second-order valence-electron chi connectivity index (χ2n) is 8.33. The predicted octanol–water partition coefficient (Wildman–Crippen LogP) is 4.29. The fourth-order valence-corrected chi connectivity index (χ4v) is 3.94. The van der Waals surface area contributed by atoms with Crippen LogP contribution in [-0.4, -0.2) is 68.6 Å². The summed E-state index contributed by atoms with van der Waals surface area (Å²) in [7, 11) is 7.56. The van der Waals surface area contributed by atoms with Crippen molar-refractivity contribution in [2.45, 2.75) is 0 Å². The number of aromatic amines is 1. The molecule has 0 unspecified atom stereocenters. The predicted molar refractivity (Wildman–Crippen MR) is 131 cm³/mol. The van der Waals surface area contributed by atoms with E-state index in [1.165, 1.54) is 0 Å². The van der Waals surface area contributed by atoms with E-state index in [1.54, 1.807) is 12.0 Å². The van der Waals surface area contributed by atoms with Gasteiger partial charge in [0, 0.05) is 55.1 Å². The van der Waals surface area contributed by atoms with Crippen molar-refractivity contribution in [2.24, 2.45) is 0 Å². The summed E-state index contributed by atoms with van der Waals surface area (Å²) in [6.45, 7) is 2.21. The minimum Gasteiger partial charge on any atom is -0.496 e. The number of amides is 1. The van der Waals surface area contributed by atoms with E-state index in [0.29, 0.717) is 18.7 Å². The van der Waals surface area contributed by atoms with Gasteiger partial charge in [-0.15, -0.1) is 0 Å². The molecule has 3 aromatic rings. The third-order valence-electron chi connectivity index (χ3n) is 5.80. The molecule has 4 rings (SSSR count). The molecule has 1 aliphatic rings. The lowest BCUT2D eigenvalue weighted by Gasteiger charge is -2.21. The van der Waals surface area contributed by atoms with Gasteiger partial charge in [0.25, 0.3) is 5.91 Å². The van der Waals surface area contributed by atoms with Crippen LogP contribution in [0.5, 0.6) is 5.75 Å². The van der Waals surface area contributed by atoms with Gasteiger partial charge < -0.3 is 24.8 Å². The van der Waals surface area contributed by atoms with Crippen LogP contribution in [0.2, 0.25) is 0 Å². The first kappa shape index (κ1) is 21.7. The number of anilines is 1. The number of nitrogens with one attached hydrogen (secondary N) is 2. The number of hydrogen-bond donors (Lipinski definition) is 2. The first-order chi connectivity index (χ1) is 15.5. The maximum atomic E-state index is 12.9. The molecular weight excluding hydrogens is 400 g/mol. The molecule has 2 heterocycles. The number of benzene rings is 2. The zero-order valence-electron chi connectivity index (χ0n) is 19.1. The summed E-state index contributed by atoms with van der Waals surface area (Å²) < 4.78 is 5.57. The summed E-state index contributed by atoms with van der Waals surface area (Å²) >= 11 is 0. The Morgan fingerprint density at radius 2 is 1.84 bits per heavy atom. The standard InChI is InChI=1S/C26H30N4O2/c1-29(2)12-13-30(3)26(31)19-9-7-8-18(14-19)20-15-22-23(17-28-25(22)27-16-20)21-10-5-6-11-24(21)32-4/h5-11,14-15,17,27-28H,12-13,16H2,1-4H3. The second kappa shape index (κ2) is 9.32. The van der Waals surface area contributed by atoms with E-state index in [2.05, 4.69) is 33.4 Å². The van der Waals surface area contributed by atoms with Crippen molar-refractivity contribution in [3.63, 3.8) is 0 Å². The lowest BCUT2D eigenvalue weighted by molar-refractivity contribution is 0.0786. The van der Waals surface area contributed by atoms with Gasteiger partial charge in [0.1, 0.15) is 11.6 Å². The first-order valence-electron chi connectivity index (χ1n) is 10.8. The van der Waals surface area contributed by atoms with Crippen molar-refractivity contribution in [3.05, 3.63) is 71.4 Å². The number of H-pyrrole nitrogens is 1. The Labute approximate surface area is 189 Å². The van der Waals surface area contributed by atoms with Crippen LogP contribution >= 0.6 is 0 Å². The Morgan fingerprint density at radius 1 is 1.03 bits per heavy atom. The molecule has 2 aromatic carbocycles. The molecule has 0 spiro atoms. The van der Waals surface area contributed by atoms with Crippen molar-refractivity contribution < 1.29 is 9.53 Å². The Morgan fingerprint density at radius 3 is 2.62 bits per heavy atom. The summed E-state index contributed by atoms with van der Waals surface area (Å²) in [6, 6.07) is 15.9. The average Bonchev–Trinajstić information content (AvgIpc) is 3.25. The normalized spacial score (nSPS) is 12.7. The highest BCUT2D eigenvalue weighted by atomic mass is 16.5. The van der Waals surface area contributed by atoms with E-state index in [0.717, 1.165) is 45.9 Å². The highest BCUT2D eigenvalue weighted by Crippen LogP contribution is 2.39. The number of carbonyl (C=O) groups is 1. The molecule has 32 heavy (non-hydrogen) atoms. The van der Waals surface area contributed by atoms with Gasteiger partial charge in [-0.1, -0.05) is 30.3 Å². The first-order valence-corrected chi connectivity index (χ1v) is 10.8. The molecular formula is C26H30N4O2. The molecule has 166 valence electrons. The number of hydrogen-bond acceptors (Lipinski definition) is 4. The highest BCUT2D eigenvalue weighted by Gasteiger charge is 2.20. The molecule has 2 N–H and O–H groups in total. The van der Waals surface area contributed by atoms with E-state index in [9.17, 15) is 4.79 Å². The van der Waals surface area contributed by atoms with Gasteiger partial charge in [0.15, 0.2) is 0 Å². The van der Waals surface area contributed by atoms with Gasteiger partial charge in [0.05, 0.1) is 7.11 Å². The minimum atomic E-state index is 0.0371. The van der Waals surface area contributed by atoms with Crippen molar-refractivity contribution in [1.29, 1.82) is 0 Å². The van der Waals surface area contributed by atoms with Crippen LogP contribution in [0.3, 0.4) is 0 Å². The summed E-state index contributed by atoms with van der Waals surface area (Å²) in [6.07, 6.45) is 4.21. The molecule has 0 saturated heterocycles. The maximum Gasteiger partial charge on any atom is 0.253 e. The van der Waals surface area contributed by atoms with Crippen LogP contribution in [0.1, 0.15) is 21.5 Å². The topological polar surface area (TPSA) is 60.6 Å². The fourth-order valence-electron chi connectivity index (χ4n) is 3.94. The number of methoxy groups -OCH3 is 1. The van der Waals surface area contributed by atoms with Gasteiger partial charge in [-0.05, 0) is 49.5 Å². The number of para-hydroxylation sites is 1. The lowest BCUT2D eigenvalue weighted by atomic mass is 9.95. The Balaban J connectivity index is 1.64. The number of aromatic nitrogens is 1. The number of nitrogens with zero attached hydrogens (tertiary/aromatic N) is 2. The largest absolute Gasteiger partial charge is 0.496 e. The number of likely N-dealkylation sites (N-methyl/N-ethyl adjacent to an activating group) is 2. The van der Waals surface area contributed by atoms with Crippen LogP contribution in [0, 0.1) is 0 Å². The Bertz CT molecular complexity index is 1150. The van der Waals surface area contributed by atoms with Gasteiger partial charge in [0.2, 0.25) is 0 Å². The zero-order valence-corrected chi connectivity index (χ0v) is 19.1. The molecule has 1 aromatic heterocycles. The zero-order chi connectivity index (χ0) is 22.7. The van der Waals surface area contributed by atoms with Crippen LogP contribution in [-0.2, 0) is 0 Å². The SMILES string of the molecule is COc1ccccc1-c1c[nH]c2c1C=C(c1cccc(C(=O)N(C)CCN(C)C)c1)CN2. The van der Waals surface area contributed by atoms with E-state index in [4.69, 9.17) is 4.74 Å². The molecule has 0 radical (unpaired) electrons.